The van der Waals surface area contributed by atoms with Crippen LogP contribution in [-0.4, -0.2) is 18.2 Å². The lowest BCUT2D eigenvalue weighted by molar-refractivity contribution is -0.117. The van der Waals surface area contributed by atoms with Gasteiger partial charge in [-0.25, -0.2) is 0 Å². The van der Waals surface area contributed by atoms with Crippen molar-refractivity contribution in [3.8, 4) is 0 Å². The van der Waals surface area contributed by atoms with Crippen LogP contribution in [0.25, 0.3) is 5.57 Å². The van der Waals surface area contributed by atoms with E-state index in [1.165, 1.54) is 0 Å². The maximum Gasteiger partial charge on any atom is 0.224 e. The van der Waals surface area contributed by atoms with Crippen molar-refractivity contribution in [2.75, 3.05) is 4.90 Å². The van der Waals surface area contributed by atoms with Gasteiger partial charge in [-0.3, -0.25) is 9.79 Å². The Labute approximate surface area is 108 Å². The second-order valence-electron chi connectivity index (χ2n) is 5.16. The average Bonchev–Trinajstić information content (AvgIpc) is 2.25. The van der Waals surface area contributed by atoms with E-state index in [2.05, 4.69) is 17.8 Å². The summed E-state index contributed by atoms with van der Waals surface area (Å²) < 4.78 is 0. The molecule has 0 aliphatic carbocycles. The lowest BCUT2D eigenvalue weighted by atomic mass is 9.88. The lowest BCUT2D eigenvalue weighted by Gasteiger charge is -2.41. The first-order valence-electron chi connectivity index (χ1n) is 5.99. The molecule has 0 fully saturated rings. The van der Waals surface area contributed by atoms with Crippen molar-refractivity contribution in [3.05, 3.63) is 29.8 Å². The Balaban J connectivity index is 2.77. The van der Waals surface area contributed by atoms with Gasteiger partial charge in [-0.2, -0.15) is 0 Å². The number of carbonyl (C=O) groups is 1. The fraction of sp³-hybridized carbons (Fsp3) is 0.333. The van der Waals surface area contributed by atoms with Crippen molar-refractivity contribution in [2.24, 2.45) is 4.99 Å². The van der Waals surface area contributed by atoms with Gasteiger partial charge in [0.1, 0.15) is 0 Å². The Hall–Kier alpha value is -1.90. The summed E-state index contributed by atoms with van der Waals surface area (Å²) in [5, 5.41) is 0. The molecule has 1 aromatic rings. The number of benzene rings is 1. The van der Waals surface area contributed by atoms with Crippen LogP contribution in [-0.2, 0) is 4.79 Å². The first kappa shape index (κ1) is 12.6. The molecule has 3 heteroatoms. The number of hydrogen-bond donors (Lipinski definition) is 0. The molecule has 0 saturated carbocycles. The van der Waals surface area contributed by atoms with Crippen molar-refractivity contribution in [2.45, 2.75) is 33.2 Å². The smallest absolute Gasteiger partial charge is 0.224 e. The van der Waals surface area contributed by atoms with E-state index in [-0.39, 0.29) is 11.4 Å². The standard InChI is InChI=1S/C15H18N2O/c1-10-9-15(3,4)17(11(2)18)13-8-6-7-12(16-5)14(10)13/h6-9H,5H2,1-4H3. The number of amides is 1. The fourth-order valence-electron chi connectivity index (χ4n) is 2.80. The molecule has 0 bridgehead atoms. The summed E-state index contributed by atoms with van der Waals surface area (Å²) in [6, 6.07) is 5.79. The Morgan fingerprint density at radius 2 is 2.06 bits per heavy atom. The zero-order valence-corrected chi connectivity index (χ0v) is 11.3. The maximum atomic E-state index is 11.9. The second kappa shape index (κ2) is 4.09. The third kappa shape index (κ3) is 1.76. The number of rotatable bonds is 1. The zero-order chi connectivity index (χ0) is 13.5. The molecule has 0 aromatic heterocycles. The van der Waals surface area contributed by atoms with Crippen LogP contribution < -0.4 is 4.90 Å². The predicted molar refractivity (Wildman–Crippen MR) is 76.5 cm³/mol. The summed E-state index contributed by atoms with van der Waals surface area (Å²) in [5.41, 5.74) is 3.56. The van der Waals surface area contributed by atoms with Crippen molar-refractivity contribution < 1.29 is 4.79 Å². The van der Waals surface area contributed by atoms with Gasteiger partial charge >= 0.3 is 0 Å². The normalized spacial score (nSPS) is 16.9. The van der Waals surface area contributed by atoms with Gasteiger partial charge in [-0.15, -0.1) is 0 Å². The van der Waals surface area contributed by atoms with Crippen LogP contribution >= 0.6 is 0 Å². The monoisotopic (exact) mass is 242 g/mol. The van der Waals surface area contributed by atoms with Gasteiger partial charge < -0.3 is 4.90 Å². The van der Waals surface area contributed by atoms with Crippen molar-refractivity contribution >= 4 is 29.6 Å². The summed E-state index contributed by atoms with van der Waals surface area (Å²) >= 11 is 0. The van der Waals surface area contributed by atoms with Gasteiger partial charge in [-0.1, -0.05) is 12.1 Å². The maximum absolute atomic E-state index is 11.9. The quantitative estimate of drug-likeness (QED) is 0.693. The molecule has 1 heterocycles. The molecule has 94 valence electrons. The van der Waals surface area contributed by atoms with Gasteiger partial charge in [0.25, 0.3) is 0 Å². The van der Waals surface area contributed by atoms with Crippen LogP contribution in [0, 0.1) is 0 Å². The first-order valence-corrected chi connectivity index (χ1v) is 5.99. The number of allylic oxidation sites excluding steroid dienone is 1. The van der Waals surface area contributed by atoms with Crippen LogP contribution in [0.1, 0.15) is 33.3 Å². The lowest BCUT2D eigenvalue weighted by Crippen LogP contribution is -2.47. The highest BCUT2D eigenvalue weighted by molar-refractivity contribution is 6.01. The van der Waals surface area contributed by atoms with E-state index >= 15 is 0 Å². The molecule has 3 nitrogen and oxygen atoms in total. The highest BCUT2D eigenvalue weighted by atomic mass is 16.2. The first-order chi connectivity index (χ1) is 8.38. The number of anilines is 1. The Kier molecular flexibility index (Phi) is 2.85. The number of hydrogen-bond acceptors (Lipinski definition) is 2. The zero-order valence-electron chi connectivity index (χ0n) is 11.3. The van der Waals surface area contributed by atoms with E-state index in [9.17, 15) is 4.79 Å². The minimum absolute atomic E-state index is 0.0335. The summed E-state index contributed by atoms with van der Waals surface area (Å²) in [7, 11) is 0. The summed E-state index contributed by atoms with van der Waals surface area (Å²) in [6.07, 6.45) is 2.10. The van der Waals surface area contributed by atoms with Crippen molar-refractivity contribution in [3.63, 3.8) is 0 Å². The predicted octanol–water partition coefficient (Wildman–Crippen LogP) is 3.57. The molecule has 1 aliphatic heterocycles. The van der Waals surface area contributed by atoms with Gasteiger partial charge in [-0.05, 0) is 45.2 Å². The van der Waals surface area contributed by atoms with E-state index in [0.29, 0.717) is 0 Å². The van der Waals surface area contributed by atoms with E-state index in [1.807, 2.05) is 43.9 Å². The third-order valence-corrected chi connectivity index (χ3v) is 3.29. The molecule has 1 aliphatic rings. The summed E-state index contributed by atoms with van der Waals surface area (Å²) in [6.45, 7) is 11.3. The van der Waals surface area contributed by atoms with Gasteiger partial charge in [0.2, 0.25) is 5.91 Å². The molecule has 0 unspecified atom stereocenters. The van der Waals surface area contributed by atoms with Gasteiger partial charge in [0, 0.05) is 12.5 Å². The van der Waals surface area contributed by atoms with E-state index in [4.69, 9.17) is 0 Å². The highest BCUT2D eigenvalue weighted by Crippen LogP contribution is 2.43. The molecule has 2 rings (SSSR count). The van der Waals surface area contributed by atoms with Crippen LogP contribution in [0.3, 0.4) is 0 Å². The third-order valence-electron chi connectivity index (χ3n) is 3.29. The highest BCUT2D eigenvalue weighted by Gasteiger charge is 2.34. The Morgan fingerprint density at radius 1 is 1.39 bits per heavy atom. The van der Waals surface area contributed by atoms with Crippen LogP contribution in [0.4, 0.5) is 11.4 Å². The summed E-state index contributed by atoms with van der Waals surface area (Å²) in [5.74, 6) is 0.0335. The molecule has 0 spiro atoms. The molecule has 0 radical (unpaired) electrons. The topological polar surface area (TPSA) is 32.7 Å². The number of aliphatic imine (C=N–C) groups is 1. The van der Waals surface area contributed by atoms with Crippen molar-refractivity contribution in [1.82, 2.24) is 0 Å². The summed E-state index contributed by atoms with van der Waals surface area (Å²) in [4.78, 5) is 17.8. The largest absolute Gasteiger partial charge is 0.303 e. The minimum atomic E-state index is -0.317. The molecule has 0 atom stereocenters. The Bertz CT molecular complexity index is 556. The molecule has 1 amide bonds. The van der Waals surface area contributed by atoms with Crippen LogP contribution in [0.15, 0.2) is 29.3 Å². The van der Waals surface area contributed by atoms with E-state index in [1.54, 1.807) is 6.92 Å². The molecule has 18 heavy (non-hydrogen) atoms. The molecule has 0 N–H and O–H groups in total. The van der Waals surface area contributed by atoms with E-state index < -0.39 is 0 Å². The second-order valence-corrected chi connectivity index (χ2v) is 5.16. The molecule has 0 saturated heterocycles. The average molecular weight is 242 g/mol. The van der Waals surface area contributed by atoms with Gasteiger partial charge in [0.15, 0.2) is 0 Å². The number of carbonyl (C=O) groups excluding carboxylic acids is 1. The number of nitrogens with zero attached hydrogens (tertiary/aromatic N) is 2. The SMILES string of the molecule is C=Nc1cccc2c1C(C)=CC(C)(C)N2C(C)=O. The van der Waals surface area contributed by atoms with Crippen LogP contribution in [0.2, 0.25) is 0 Å². The van der Waals surface area contributed by atoms with Crippen LogP contribution in [0.5, 0.6) is 0 Å². The number of fused-ring (bicyclic) bond motifs is 1. The minimum Gasteiger partial charge on any atom is -0.303 e. The molecular weight excluding hydrogens is 224 g/mol. The van der Waals surface area contributed by atoms with E-state index in [0.717, 1.165) is 22.5 Å². The fourth-order valence-corrected chi connectivity index (χ4v) is 2.80. The molecular formula is C15H18N2O. The van der Waals surface area contributed by atoms with Gasteiger partial charge in [0.05, 0.1) is 16.9 Å². The molecule has 1 aromatic carbocycles. The van der Waals surface area contributed by atoms with Crippen molar-refractivity contribution in [1.29, 1.82) is 0 Å². The Morgan fingerprint density at radius 3 is 2.61 bits per heavy atom.